The number of benzene rings is 1. The van der Waals surface area contributed by atoms with Crippen LogP contribution in [0.15, 0.2) is 34.2 Å². The zero-order valence-corrected chi connectivity index (χ0v) is 16.9. The highest BCUT2D eigenvalue weighted by Gasteiger charge is 2.23. The maximum absolute atomic E-state index is 12.3. The highest BCUT2D eigenvalue weighted by Crippen LogP contribution is 2.29. The molecule has 1 aliphatic carbocycles. The maximum Gasteiger partial charge on any atom is 0.251 e. The van der Waals surface area contributed by atoms with E-state index in [0.717, 1.165) is 24.6 Å². The zero-order chi connectivity index (χ0) is 20.8. The fourth-order valence-electron chi connectivity index (χ4n) is 2.54. The van der Waals surface area contributed by atoms with Crippen molar-refractivity contribution in [3.05, 3.63) is 40.3 Å². The van der Waals surface area contributed by atoms with E-state index in [2.05, 4.69) is 20.6 Å². The van der Waals surface area contributed by atoms with Gasteiger partial charge in [0.25, 0.3) is 5.56 Å². The first-order valence-electron chi connectivity index (χ1n) is 9.01. The Morgan fingerprint density at radius 3 is 2.69 bits per heavy atom. The molecule has 154 valence electrons. The molecule has 0 unspecified atom stereocenters. The highest BCUT2D eigenvalue weighted by atomic mass is 32.2. The number of thioether (sulfide) groups is 1. The molecule has 1 aromatic carbocycles. The SMILES string of the molecule is COc1ccc(NC(=O)CSc2nc(CC(=O)NC3CC3)cc(=O)[nH]2)c(OC)c1. The molecule has 2 aromatic rings. The molecule has 1 saturated carbocycles. The lowest BCUT2D eigenvalue weighted by atomic mass is 10.2. The summed E-state index contributed by atoms with van der Waals surface area (Å²) in [7, 11) is 3.04. The van der Waals surface area contributed by atoms with Crippen molar-refractivity contribution < 1.29 is 19.1 Å². The Morgan fingerprint density at radius 1 is 1.21 bits per heavy atom. The summed E-state index contributed by atoms with van der Waals surface area (Å²) in [5.41, 5.74) is 0.506. The summed E-state index contributed by atoms with van der Waals surface area (Å²) in [5, 5.41) is 5.88. The molecule has 3 N–H and O–H groups in total. The van der Waals surface area contributed by atoms with Crippen molar-refractivity contribution in [3.63, 3.8) is 0 Å². The van der Waals surface area contributed by atoms with E-state index in [1.54, 1.807) is 25.3 Å². The summed E-state index contributed by atoms with van der Waals surface area (Å²) >= 11 is 1.07. The molecule has 0 aliphatic heterocycles. The average Bonchev–Trinajstić information content (AvgIpc) is 3.50. The van der Waals surface area contributed by atoms with Crippen molar-refractivity contribution in [1.29, 1.82) is 0 Å². The van der Waals surface area contributed by atoms with E-state index in [1.807, 2.05) is 0 Å². The Kier molecular flexibility index (Phi) is 6.76. The molecule has 0 atom stereocenters. The molecule has 2 amide bonds. The van der Waals surface area contributed by atoms with Crippen LogP contribution in [0.3, 0.4) is 0 Å². The van der Waals surface area contributed by atoms with Gasteiger partial charge in [-0.25, -0.2) is 4.98 Å². The fraction of sp³-hybridized carbons (Fsp3) is 0.368. The summed E-state index contributed by atoms with van der Waals surface area (Å²) < 4.78 is 10.4. The number of ether oxygens (including phenoxy) is 2. The van der Waals surface area contributed by atoms with E-state index in [1.165, 1.54) is 13.2 Å². The quantitative estimate of drug-likeness (QED) is 0.415. The molecule has 1 aliphatic rings. The van der Waals surface area contributed by atoms with Crippen LogP contribution in [0.1, 0.15) is 18.5 Å². The topological polar surface area (TPSA) is 122 Å². The number of aromatic nitrogens is 2. The second-order valence-electron chi connectivity index (χ2n) is 6.46. The van der Waals surface area contributed by atoms with Gasteiger partial charge in [0, 0.05) is 18.2 Å². The molecule has 29 heavy (non-hydrogen) atoms. The molecule has 0 radical (unpaired) electrons. The van der Waals surface area contributed by atoms with Crippen LogP contribution in [0.5, 0.6) is 11.5 Å². The Bertz CT molecular complexity index is 958. The number of rotatable bonds is 9. The van der Waals surface area contributed by atoms with Gasteiger partial charge in [-0.05, 0) is 25.0 Å². The number of H-pyrrole nitrogens is 1. The molecule has 0 bridgehead atoms. The smallest absolute Gasteiger partial charge is 0.251 e. The third-order valence-corrected chi connectivity index (χ3v) is 4.95. The van der Waals surface area contributed by atoms with Crippen LogP contribution in [0.2, 0.25) is 0 Å². The van der Waals surface area contributed by atoms with Crippen LogP contribution in [-0.2, 0) is 16.0 Å². The van der Waals surface area contributed by atoms with E-state index >= 15 is 0 Å². The number of carbonyl (C=O) groups is 2. The molecule has 9 nitrogen and oxygen atoms in total. The van der Waals surface area contributed by atoms with Crippen molar-refractivity contribution in [2.45, 2.75) is 30.5 Å². The minimum atomic E-state index is -0.367. The van der Waals surface area contributed by atoms with Crippen LogP contribution in [0.4, 0.5) is 5.69 Å². The Balaban J connectivity index is 1.58. The third kappa shape index (κ3) is 6.24. The largest absolute Gasteiger partial charge is 0.497 e. The number of carbonyl (C=O) groups excluding carboxylic acids is 2. The monoisotopic (exact) mass is 418 g/mol. The van der Waals surface area contributed by atoms with Crippen molar-refractivity contribution >= 4 is 29.3 Å². The lowest BCUT2D eigenvalue weighted by Gasteiger charge is -2.11. The number of amides is 2. The number of anilines is 1. The predicted molar refractivity (Wildman–Crippen MR) is 109 cm³/mol. The summed E-state index contributed by atoms with van der Waals surface area (Å²) in [4.78, 5) is 42.9. The van der Waals surface area contributed by atoms with Crippen LogP contribution >= 0.6 is 11.8 Å². The number of aromatic amines is 1. The third-order valence-electron chi connectivity index (χ3n) is 4.08. The van der Waals surface area contributed by atoms with E-state index in [-0.39, 0.29) is 40.7 Å². The summed E-state index contributed by atoms with van der Waals surface area (Å²) in [6, 6.07) is 6.59. The highest BCUT2D eigenvalue weighted by molar-refractivity contribution is 7.99. The number of hydrogen-bond donors (Lipinski definition) is 3. The van der Waals surface area contributed by atoms with Crippen molar-refractivity contribution in [2.75, 3.05) is 25.3 Å². The second-order valence-corrected chi connectivity index (χ2v) is 7.43. The molecule has 10 heteroatoms. The number of methoxy groups -OCH3 is 2. The van der Waals surface area contributed by atoms with E-state index < -0.39 is 0 Å². The number of nitrogens with one attached hydrogen (secondary N) is 3. The predicted octanol–water partition coefficient (Wildman–Crippen LogP) is 1.34. The fourth-order valence-corrected chi connectivity index (χ4v) is 3.23. The van der Waals surface area contributed by atoms with Crippen LogP contribution in [0, 0.1) is 0 Å². The van der Waals surface area contributed by atoms with E-state index in [9.17, 15) is 14.4 Å². The van der Waals surface area contributed by atoms with Crippen molar-refractivity contribution in [3.8, 4) is 11.5 Å². The van der Waals surface area contributed by atoms with Gasteiger partial charge in [-0.2, -0.15) is 0 Å². The Hall–Kier alpha value is -3.01. The minimum Gasteiger partial charge on any atom is -0.497 e. The summed E-state index contributed by atoms with van der Waals surface area (Å²) in [6.07, 6.45) is 2.01. The van der Waals surface area contributed by atoms with Gasteiger partial charge in [0.1, 0.15) is 11.5 Å². The van der Waals surface area contributed by atoms with Crippen LogP contribution in [-0.4, -0.2) is 47.8 Å². The molecule has 0 spiro atoms. The maximum atomic E-state index is 12.3. The van der Waals surface area contributed by atoms with Crippen molar-refractivity contribution in [1.82, 2.24) is 15.3 Å². The standard InChI is InChI=1S/C19H22N4O5S/c1-27-13-5-6-14(15(9-13)28-2)22-18(26)10-29-19-21-12(8-17(25)23-19)7-16(24)20-11-3-4-11/h5-6,8-9,11H,3-4,7,10H2,1-2H3,(H,20,24)(H,22,26)(H,21,23,25). The lowest BCUT2D eigenvalue weighted by Crippen LogP contribution is -2.28. The van der Waals surface area contributed by atoms with Gasteiger partial charge < -0.3 is 25.1 Å². The molecule has 0 saturated heterocycles. The molecular formula is C19H22N4O5S. The molecule has 1 heterocycles. The summed E-state index contributed by atoms with van der Waals surface area (Å²) in [6.45, 7) is 0. The van der Waals surface area contributed by atoms with Gasteiger partial charge in [-0.3, -0.25) is 14.4 Å². The van der Waals surface area contributed by atoms with Crippen LogP contribution < -0.4 is 25.7 Å². The van der Waals surface area contributed by atoms with Gasteiger partial charge in [0.2, 0.25) is 11.8 Å². The van der Waals surface area contributed by atoms with Gasteiger partial charge in [0.15, 0.2) is 5.16 Å². The molecule has 1 fully saturated rings. The lowest BCUT2D eigenvalue weighted by molar-refractivity contribution is -0.120. The summed E-state index contributed by atoms with van der Waals surface area (Å²) in [5.74, 6) is 0.649. The first kappa shape index (κ1) is 20.7. The molecule has 1 aromatic heterocycles. The van der Waals surface area contributed by atoms with Gasteiger partial charge >= 0.3 is 0 Å². The van der Waals surface area contributed by atoms with Crippen molar-refractivity contribution in [2.24, 2.45) is 0 Å². The average molecular weight is 418 g/mol. The minimum absolute atomic E-state index is 0.0237. The Labute approximate surface area is 171 Å². The van der Waals surface area contributed by atoms with Gasteiger partial charge in [-0.1, -0.05) is 11.8 Å². The van der Waals surface area contributed by atoms with Gasteiger partial charge in [-0.15, -0.1) is 0 Å². The zero-order valence-electron chi connectivity index (χ0n) is 16.1. The Morgan fingerprint density at radius 2 is 2.00 bits per heavy atom. The number of nitrogens with zero attached hydrogens (tertiary/aromatic N) is 1. The van der Waals surface area contributed by atoms with Crippen LogP contribution in [0.25, 0.3) is 0 Å². The first-order valence-corrected chi connectivity index (χ1v) is 9.99. The second kappa shape index (κ2) is 9.46. The number of hydrogen-bond acceptors (Lipinski definition) is 7. The van der Waals surface area contributed by atoms with Gasteiger partial charge in [0.05, 0.1) is 37.8 Å². The van der Waals surface area contributed by atoms with E-state index in [4.69, 9.17) is 9.47 Å². The van der Waals surface area contributed by atoms with E-state index in [0.29, 0.717) is 22.9 Å². The molecule has 3 rings (SSSR count). The normalized spacial score (nSPS) is 12.9. The first-order chi connectivity index (χ1) is 14.0. The molecular weight excluding hydrogens is 396 g/mol.